The van der Waals surface area contributed by atoms with Crippen molar-refractivity contribution in [1.82, 2.24) is 30.2 Å². The van der Waals surface area contributed by atoms with Crippen LogP contribution in [-0.2, 0) is 17.9 Å². The molecule has 3 aromatic rings. The van der Waals surface area contributed by atoms with Crippen LogP contribution in [0.15, 0.2) is 30.6 Å². The number of hydrogen-bond acceptors (Lipinski definition) is 8. The van der Waals surface area contributed by atoms with Gasteiger partial charge < -0.3 is 10.1 Å². The van der Waals surface area contributed by atoms with Gasteiger partial charge in [0.2, 0.25) is 0 Å². The summed E-state index contributed by atoms with van der Waals surface area (Å²) in [6.45, 7) is 7.57. The Bertz CT molecular complexity index is 1240. The number of nitrogens with zero attached hydrogens (tertiary/aromatic N) is 6. The minimum Gasteiger partial charge on any atom is -0.457 e. The van der Waals surface area contributed by atoms with Gasteiger partial charge >= 0.3 is 5.97 Å². The summed E-state index contributed by atoms with van der Waals surface area (Å²) in [5.74, 6) is 0.361. The van der Waals surface area contributed by atoms with Gasteiger partial charge in [0.25, 0.3) is 0 Å². The maximum Gasteiger partial charge on any atom is 0.338 e. The van der Waals surface area contributed by atoms with Crippen molar-refractivity contribution >= 4 is 5.97 Å². The molecule has 0 bridgehead atoms. The summed E-state index contributed by atoms with van der Waals surface area (Å²) < 4.78 is 5.20. The summed E-state index contributed by atoms with van der Waals surface area (Å²) in [7, 11) is 0. The van der Waals surface area contributed by atoms with E-state index in [0.717, 1.165) is 42.0 Å². The molecule has 1 fully saturated rings. The van der Waals surface area contributed by atoms with Gasteiger partial charge in [-0.25, -0.2) is 9.78 Å². The predicted molar refractivity (Wildman–Crippen MR) is 115 cm³/mol. The van der Waals surface area contributed by atoms with Gasteiger partial charge in [-0.1, -0.05) is 6.07 Å². The number of esters is 1. The van der Waals surface area contributed by atoms with Crippen LogP contribution in [-0.4, -0.2) is 50.5 Å². The number of benzene rings is 1. The van der Waals surface area contributed by atoms with Crippen LogP contribution in [0.4, 0.5) is 0 Å². The Hall–Kier alpha value is -3.61. The van der Waals surface area contributed by atoms with E-state index < -0.39 is 0 Å². The molecule has 1 atom stereocenters. The van der Waals surface area contributed by atoms with Crippen molar-refractivity contribution in [3.05, 3.63) is 69.7 Å². The van der Waals surface area contributed by atoms with E-state index in [1.165, 1.54) is 10.4 Å². The molecule has 9 heteroatoms. The fraction of sp³-hybridized carbons (Fsp3) is 0.348. The average Bonchev–Trinajstić information content (AvgIpc) is 3.41. The van der Waals surface area contributed by atoms with E-state index in [9.17, 15) is 4.79 Å². The van der Waals surface area contributed by atoms with Crippen molar-refractivity contribution in [3.8, 4) is 11.9 Å². The van der Waals surface area contributed by atoms with Crippen molar-refractivity contribution in [2.45, 2.75) is 33.0 Å². The summed E-state index contributed by atoms with van der Waals surface area (Å²) in [5.41, 5.74) is 6.26. The normalized spacial score (nSPS) is 18.3. The quantitative estimate of drug-likeness (QED) is 0.627. The van der Waals surface area contributed by atoms with Crippen LogP contribution in [0, 0.1) is 25.2 Å². The highest BCUT2D eigenvalue weighted by Crippen LogP contribution is 2.30. The van der Waals surface area contributed by atoms with Crippen LogP contribution in [0.5, 0.6) is 0 Å². The van der Waals surface area contributed by atoms with E-state index in [1.807, 2.05) is 25.1 Å². The topological polar surface area (TPSA) is 109 Å². The van der Waals surface area contributed by atoms with Gasteiger partial charge in [0.15, 0.2) is 5.82 Å². The van der Waals surface area contributed by atoms with E-state index in [0.29, 0.717) is 30.1 Å². The third-order valence-corrected chi connectivity index (χ3v) is 6.19. The molecule has 2 aliphatic heterocycles. The number of carbonyl (C=O) groups is 1. The molecular weight excluding hydrogens is 406 g/mol. The summed E-state index contributed by atoms with van der Waals surface area (Å²) in [6.07, 6.45) is 3.31. The lowest BCUT2D eigenvalue weighted by molar-refractivity contribution is 0.0535. The number of ether oxygens (including phenoxy) is 1. The van der Waals surface area contributed by atoms with E-state index in [2.05, 4.69) is 38.4 Å². The number of carbonyl (C=O) groups excluding carboxylic acids is 1. The van der Waals surface area contributed by atoms with Crippen molar-refractivity contribution in [1.29, 1.82) is 5.26 Å². The first-order valence-electron chi connectivity index (χ1n) is 10.6. The van der Waals surface area contributed by atoms with E-state index in [-0.39, 0.29) is 12.0 Å². The third-order valence-electron chi connectivity index (χ3n) is 6.19. The molecule has 4 heterocycles. The molecule has 1 saturated heterocycles. The molecule has 2 aromatic heterocycles. The monoisotopic (exact) mass is 429 g/mol. The van der Waals surface area contributed by atoms with Gasteiger partial charge in [0.05, 0.1) is 23.0 Å². The molecule has 0 amide bonds. The highest BCUT2D eigenvalue weighted by atomic mass is 16.5. The second-order valence-corrected chi connectivity index (χ2v) is 8.22. The molecule has 162 valence electrons. The number of piperazine rings is 1. The number of nitriles is 1. The van der Waals surface area contributed by atoms with Crippen molar-refractivity contribution < 1.29 is 9.53 Å². The molecular formula is C23H23N7O2. The molecule has 1 aromatic carbocycles. The fourth-order valence-electron chi connectivity index (χ4n) is 4.38. The number of rotatable bonds is 4. The predicted octanol–water partition coefficient (Wildman–Crippen LogP) is 1.97. The van der Waals surface area contributed by atoms with Crippen LogP contribution < -0.4 is 5.32 Å². The maximum absolute atomic E-state index is 11.8. The fourth-order valence-corrected chi connectivity index (χ4v) is 4.38. The molecule has 0 aliphatic carbocycles. The standard InChI is InChI=1S/C23H23N7O2/c1-14-7-22(26-9-16(14)8-24)30-27-10-17(28-30)11-29-6-5-25-21(12-29)18-3-4-19-20(15(18)2)13-32-23(19)31/h3-4,7,9-10,21,25H,5-6,11-13H2,1-2H3/t21-/m0/s1. The van der Waals surface area contributed by atoms with Gasteiger partial charge in [0, 0.05) is 44.0 Å². The van der Waals surface area contributed by atoms with Crippen LogP contribution in [0.25, 0.3) is 5.82 Å². The van der Waals surface area contributed by atoms with Crippen LogP contribution in [0.2, 0.25) is 0 Å². The largest absolute Gasteiger partial charge is 0.457 e. The zero-order chi connectivity index (χ0) is 22.2. The highest BCUT2D eigenvalue weighted by Gasteiger charge is 2.28. The van der Waals surface area contributed by atoms with E-state index in [4.69, 9.17) is 10.00 Å². The first kappa shape index (κ1) is 20.3. The average molecular weight is 429 g/mol. The Kier molecular flexibility index (Phi) is 5.17. The molecule has 5 rings (SSSR count). The smallest absolute Gasteiger partial charge is 0.338 e. The number of fused-ring (bicyclic) bond motifs is 1. The Morgan fingerprint density at radius 3 is 3.00 bits per heavy atom. The second kappa shape index (κ2) is 8.15. The number of hydrogen-bond donors (Lipinski definition) is 1. The molecule has 1 N–H and O–H groups in total. The third kappa shape index (κ3) is 3.64. The summed E-state index contributed by atoms with van der Waals surface area (Å²) in [4.78, 5) is 20.0. The minimum absolute atomic E-state index is 0.169. The number of cyclic esters (lactones) is 1. The lowest BCUT2D eigenvalue weighted by Gasteiger charge is -2.34. The molecule has 2 aliphatic rings. The molecule has 0 radical (unpaired) electrons. The van der Waals surface area contributed by atoms with Crippen molar-refractivity contribution in [3.63, 3.8) is 0 Å². The molecule has 32 heavy (non-hydrogen) atoms. The Morgan fingerprint density at radius 1 is 1.31 bits per heavy atom. The van der Waals surface area contributed by atoms with Gasteiger partial charge in [0.1, 0.15) is 12.7 Å². The zero-order valence-corrected chi connectivity index (χ0v) is 18.0. The van der Waals surface area contributed by atoms with Gasteiger partial charge in [-0.15, -0.1) is 4.80 Å². The van der Waals surface area contributed by atoms with Crippen LogP contribution in [0.3, 0.4) is 0 Å². The highest BCUT2D eigenvalue weighted by molar-refractivity contribution is 5.94. The molecule has 0 unspecified atom stereocenters. The number of aryl methyl sites for hydroxylation is 1. The molecule has 0 spiro atoms. The minimum atomic E-state index is -0.233. The molecule has 9 nitrogen and oxygen atoms in total. The Labute approximate surface area is 185 Å². The Balaban J connectivity index is 1.30. The first-order valence-corrected chi connectivity index (χ1v) is 10.6. The van der Waals surface area contributed by atoms with Gasteiger partial charge in [-0.05, 0) is 42.7 Å². The maximum atomic E-state index is 11.8. The lowest BCUT2D eigenvalue weighted by Crippen LogP contribution is -2.45. The second-order valence-electron chi connectivity index (χ2n) is 8.22. The molecule has 0 saturated carbocycles. The van der Waals surface area contributed by atoms with Crippen LogP contribution in [0.1, 0.15) is 49.9 Å². The summed E-state index contributed by atoms with van der Waals surface area (Å²) in [6, 6.07) is 8.02. The van der Waals surface area contributed by atoms with Gasteiger partial charge in [-0.3, -0.25) is 4.90 Å². The summed E-state index contributed by atoms with van der Waals surface area (Å²) in [5, 5.41) is 21.6. The van der Waals surface area contributed by atoms with Crippen molar-refractivity contribution in [2.24, 2.45) is 0 Å². The van der Waals surface area contributed by atoms with Crippen molar-refractivity contribution in [2.75, 3.05) is 19.6 Å². The SMILES string of the molecule is Cc1cc(-n2ncc(CN3CCN[C@H](c4ccc5c(c4C)COC5=O)C3)n2)ncc1C#N. The number of aromatic nitrogens is 4. The lowest BCUT2D eigenvalue weighted by atomic mass is 9.93. The number of nitrogens with one attached hydrogen (secondary N) is 1. The Morgan fingerprint density at radius 2 is 2.19 bits per heavy atom. The van der Waals surface area contributed by atoms with Crippen LogP contribution >= 0.6 is 0 Å². The summed E-state index contributed by atoms with van der Waals surface area (Å²) >= 11 is 0. The first-order chi connectivity index (χ1) is 15.5. The van der Waals surface area contributed by atoms with E-state index in [1.54, 1.807) is 12.4 Å². The number of pyridine rings is 1. The zero-order valence-electron chi connectivity index (χ0n) is 18.0. The van der Waals surface area contributed by atoms with E-state index >= 15 is 0 Å². The van der Waals surface area contributed by atoms with Gasteiger partial charge in [-0.2, -0.15) is 15.5 Å².